The van der Waals surface area contributed by atoms with E-state index in [9.17, 15) is 35.1 Å². The molecule has 12 heteroatoms. The van der Waals surface area contributed by atoms with Gasteiger partial charge in [0.25, 0.3) is 0 Å². The third-order valence-electron chi connectivity index (χ3n) is 15.7. The average Bonchev–Trinajstić information content (AvgIpc) is 3.43. The molecule has 17 atom stereocenters. The average molecular weight is 813 g/mol. The van der Waals surface area contributed by atoms with Gasteiger partial charge in [0.05, 0.1) is 31.5 Å². The lowest BCUT2D eigenvalue weighted by molar-refractivity contribution is -0.337. The number of carbonyl (C=O) groups excluding carboxylic acids is 2. The van der Waals surface area contributed by atoms with Crippen LogP contribution >= 0.6 is 0 Å². The molecule has 12 nitrogen and oxygen atoms in total. The van der Waals surface area contributed by atoms with Gasteiger partial charge in [-0.1, -0.05) is 83.5 Å². The molecule has 2 aliphatic heterocycles. The van der Waals surface area contributed by atoms with Crippen molar-refractivity contribution in [2.24, 2.45) is 46.3 Å². The summed E-state index contributed by atoms with van der Waals surface area (Å²) in [5.74, 6) is -0.534. The van der Waals surface area contributed by atoms with Crippen molar-refractivity contribution in [1.29, 1.82) is 0 Å². The molecule has 0 radical (unpaired) electrons. The fourth-order valence-corrected chi connectivity index (χ4v) is 12.1. The van der Waals surface area contributed by atoms with E-state index in [0.717, 1.165) is 44.9 Å². The van der Waals surface area contributed by atoms with Crippen molar-refractivity contribution in [3.63, 3.8) is 0 Å². The van der Waals surface area contributed by atoms with Crippen LogP contribution in [0, 0.1) is 46.3 Å². The number of carbonyl (C=O) groups is 2. The predicted octanol–water partition coefficient (Wildman–Crippen LogP) is 4.76. The van der Waals surface area contributed by atoms with Crippen LogP contribution in [-0.4, -0.2) is 118 Å². The normalized spacial score (nSPS) is 44.5. The van der Waals surface area contributed by atoms with E-state index in [2.05, 4.69) is 33.8 Å². The Bertz CT molecular complexity index is 1630. The van der Waals surface area contributed by atoms with Gasteiger partial charge in [0, 0.05) is 29.2 Å². The first-order chi connectivity index (χ1) is 27.5. The lowest BCUT2D eigenvalue weighted by Gasteiger charge is -2.59. The summed E-state index contributed by atoms with van der Waals surface area (Å²) in [5, 5.41) is 56.7. The highest BCUT2D eigenvalue weighted by Crippen LogP contribution is 2.69. The van der Waals surface area contributed by atoms with Crippen LogP contribution in [0.15, 0.2) is 42.0 Å². The number of allylic oxidation sites excluding steroid dienone is 1. The lowest BCUT2D eigenvalue weighted by Crippen LogP contribution is -2.62. The van der Waals surface area contributed by atoms with Crippen LogP contribution in [0.25, 0.3) is 0 Å². The van der Waals surface area contributed by atoms with E-state index in [1.807, 2.05) is 13.8 Å². The Labute approximate surface area is 343 Å². The van der Waals surface area contributed by atoms with Crippen molar-refractivity contribution < 1.29 is 58.8 Å². The van der Waals surface area contributed by atoms with Crippen molar-refractivity contribution in [3.05, 3.63) is 47.5 Å². The minimum absolute atomic E-state index is 0.0118. The maximum atomic E-state index is 14.1. The highest BCUT2D eigenvalue weighted by molar-refractivity contribution is 5.97. The zero-order valence-electron chi connectivity index (χ0n) is 35.2. The molecule has 5 N–H and O–H groups in total. The van der Waals surface area contributed by atoms with Gasteiger partial charge in [0.15, 0.2) is 18.4 Å². The Hall–Kier alpha value is -2.10. The molecule has 5 fully saturated rings. The predicted molar refractivity (Wildman–Crippen MR) is 213 cm³/mol. The van der Waals surface area contributed by atoms with E-state index in [4.69, 9.17) is 23.7 Å². The summed E-state index contributed by atoms with van der Waals surface area (Å²) in [6.07, 6.45) is -0.276. The number of fused-ring (bicyclic) bond motifs is 5. The van der Waals surface area contributed by atoms with Crippen LogP contribution in [0.4, 0.5) is 0 Å². The minimum Gasteiger partial charge on any atom is -0.393 e. The van der Waals surface area contributed by atoms with Gasteiger partial charge in [0.2, 0.25) is 0 Å². The Morgan fingerprint density at radius 3 is 2.33 bits per heavy atom. The van der Waals surface area contributed by atoms with E-state index in [0.29, 0.717) is 30.2 Å². The van der Waals surface area contributed by atoms with E-state index in [1.165, 1.54) is 5.57 Å². The second kappa shape index (κ2) is 17.3. The summed E-state index contributed by atoms with van der Waals surface area (Å²) in [4.78, 5) is 27.0. The van der Waals surface area contributed by atoms with Crippen LogP contribution < -0.4 is 0 Å². The molecule has 6 aliphatic rings. The number of aliphatic hydroxyl groups is 5. The van der Waals surface area contributed by atoms with Gasteiger partial charge in [-0.3, -0.25) is 9.59 Å². The summed E-state index contributed by atoms with van der Waals surface area (Å²) < 4.78 is 31.2. The van der Waals surface area contributed by atoms with Crippen molar-refractivity contribution in [2.75, 3.05) is 19.8 Å². The number of ether oxygens (including phenoxy) is 5. The molecule has 58 heavy (non-hydrogen) atoms. The summed E-state index contributed by atoms with van der Waals surface area (Å²) in [6.45, 7) is 11.6. The monoisotopic (exact) mass is 812 g/mol. The number of rotatable bonds is 13. The number of hydrogen-bond donors (Lipinski definition) is 5. The smallest absolute Gasteiger partial charge is 0.188 e. The molecule has 2 saturated heterocycles. The molecule has 1 aromatic carbocycles. The molecule has 7 rings (SSSR count). The standard InChI is InChI=1S/C46H68O12/c1-25(2)12-15-34(48)27(4)46(53)38(21-33-31-14-13-29-20-30(47)16-18-44(29,5)32(31)17-19-45(33,46)6)57-42-26(3)40(37(51)24-55-42)58-43-41(39(52)36(50)23-56-43)54-22-35(49)28-10-8-7-9-11-28/h7-11,13,25-27,30-33,36-43,47,50-53H,12,14-24H2,1-6H3/t26?,27-,30+,31?,32?,33?,36-,37+,38+,39?,40+,41+,42+,43+,44+,45+,46-/m1/s1. The number of aliphatic hydroxyl groups excluding tert-OH is 4. The van der Waals surface area contributed by atoms with E-state index in [-0.39, 0.29) is 48.1 Å². The highest BCUT2D eigenvalue weighted by Gasteiger charge is 2.70. The van der Waals surface area contributed by atoms with Crippen molar-refractivity contribution >= 4 is 11.6 Å². The van der Waals surface area contributed by atoms with Gasteiger partial charge in [-0.15, -0.1) is 0 Å². The Kier molecular flexibility index (Phi) is 13.1. The fraction of sp³-hybridized carbons (Fsp3) is 0.783. The Balaban J connectivity index is 1.12. The summed E-state index contributed by atoms with van der Waals surface area (Å²) in [6, 6.07) is 8.60. The first kappa shape index (κ1) is 44.0. The van der Waals surface area contributed by atoms with Crippen molar-refractivity contribution in [2.45, 2.75) is 160 Å². The van der Waals surface area contributed by atoms with Crippen LogP contribution in [0.2, 0.25) is 0 Å². The first-order valence-corrected chi connectivity index (χ1v) is 21.9. The summed E-state index contributed by atoms with van der Waals surface area (Å²) in [5.41, 5.74) is -0.342. The fourth-order valence-electron chi connectivity index (χ4n) is 12.1. The molecule has 0 spiro atoms. The van der Waals surface area contributed by atoms with Gasteiger partial charge in [0.1, 0.15) is 42.4 Å². The molecule has 5 unspecified atom stereocenters. The SMILES string of the molecule is CC(C)CCC(=O)[C@@H](C)[C@@]1(O)[C@@H](O[C@@H]2OC[C@H](O)[C@@H](O[C@@H]3OC[C@@H](O)C(O)[C@@H]3OCC(=O)c3ccccc3)C2C)CC2C3CC=C4C[C@@H](O)CC[C@]4(C)C3CC[C@@]21C. The first-order valence-electron chi connectivity index (χ1n) is 21.9. The molecule has 1 aromatic rings. The molecule has 0 aromatic heterocycles. The second-order valence-corrected chi connectivity index (χ2v) is 19.5. The van der Waals surface area contributed by atoms with Gasteiger partial charge >= 0.3 is 0 Å². The third kappa shape index (κ3) is 7.93. The van der Waals surface area contributed by atoms with Crippen LogP contribution in [0.5, 0.6) is 0 Å². The molecule has 0 bridgehead atoms. The van der Waals surface area contributed by atoms with Crippen LogP contribution in [0.3, 0.4) is 0 Å². The zero-order valence-corrected chi connectivity index (χ0v) is 35.2. The maximum Gasteiger partial charge on any atom is 0.188 e. The molecule has 4 aliphatic carbocycles. The highest BCUT2D eigenvalue weighted by atomic mass is 16.7. The van der Waals surface area contributed by atoms with Crippen LogP contribution in [0.1, 0.15) is 110 Å². The quantitative estimate of drug-likeness (QED) is 0.136. The largest absolute Gasteiger partial charge is 0.393 e. The van der Waals surface area contributed by atoms with Crippen molar-refractivity contribution in [1.82, 2.24) is 0 Å². The maximum absolute atomic E-state index is 14.1. The third-order valence-corrected chi connectivity index (χ3v) is 15.7. The molecular formula is C46H68O12. The van der Waals surface area contributed by atoms with Gasteiger partial charge < -0.3 is 49.2 Å². The van der Waals surface area contributed by atoms with E-state index < -0.39 is 78.7 Å². The van der Waals surface area contributed by atoms with Gasteiger partial charge in [-0.05, 0) is 80.5 Å². The number of benzene rings is 1. The topological polar surface area (TPSA) is 181 Å². The molecule has 3 saturated carbocycles. The van der Waals surface area contributed by atoms with Crippen molar-refractivity contribution in [3.8, 4) is 0 Å². The summed E-state index contributed by atoms with van der Waals surface area (Å²) >= 11 is 0. The van der Waals surface area contributed by atoms with Crippen LogP contribution in [-0.2, 0) is 28.5 Å². The van der Waals surface area contributed by atoms with Gasteiger partial charge in [-0.2, -0.15) is 0 Å². The summed E-state index contributed by atoms with van der Waals surface area (Å²) in [7, 11) is 0. The van der Waals surface area contributed by atoms with E-state index >= 15 is 0 Å². The minimum atomic E-state index is -1.50. The number of hydrogen-bond acceptors (Lipinski definition) is 12. The van der Waals surface area contributed by atoms with Gasteiger partial charge in [-0.25, -0.2) is 0 Å². The zero-order chi connectivity index (χ0) is 41.7. The molecule has 2 heterocycles. The molecule has 0 amide bonds. The Morgan fingerprint density at radius 1 is 0.897 bits per heavy atom. The molecular weight excluding hydrogens is 744 g/mol. The molecule has 324 valence electrons. The van der Waals surface area contributed by atoms with E-state index in [1.54, 1.807) is 30.3 Å². The second-order valence-electron chi connectivity index (χ2n) is 19.5. The lowest BCUT2D eigenvalue weighted by atomic mass is 9.46. The number of ketones is 2. The number of Topliss-reactive ketones (excluding diaryl/α,β-unsaturated/α-hetero) is 2. The Morgan fingerprint density at radius 2 is 1.60 bits per heavy atom.